The normalized spacial score (nSPS) is 15.6. The Morgan fingerprint density at radius 1 is 1.21 bits per heavy atom. The van der Waals surface area contributed by atoms with Gasteiger partial charge >= 0.3 is 0 Å². The van der Waals surface area contributed by atoms with Crippen molar-refractivity contribution in [2.24, 2.45) is 0 Å². The van der Waals surface area contributed by atoms with Crippen LogP contribution in [0.25, 0.3) is 0 Å². The second kappa shape index (κ2) is 6.95. The summed E-state index contributed by atoms with van der Waals surface area (Å²) < 4.78 is 0. The van der Waals surface area contributed by atoms with E-state index < -0.39 is 0 Å². The van der Waals surface area contributed by atoms with Crippen molar-refractivity contribution in [1.82, 2.24) is 0 Å². The Hall–Kier alpha value is -1.02. The van der Waals surface area contributed by atoms with Crippen molar-refractivity contribution in [2.45, 2.75) is 58.0 Å². The van der Waals surface area contributed by atoms with Gasteiger partial charge in [-0.1, -0.05) is 51.2 Å². The van der Waals surface area contributed by atoms with Gasteiger partial charge in [-0.25, -0.2) is 0 Å². The standard InChI is InChI=1S/C17H27NO/c1-3-4-5-6-7-8-17(19)15-9-10-16-14(13-15)11-12-18(16)2/h9-10,13,17,19H,3-8,11-12H2,1-2H3. The number of anilines is 1. The summed E-state index contributed by atoms with van der Waals surface area (Å²) in [5.41, 5.74) is 3.83. The lowest BCUT2D eigenvalue weighted by Gasteiger charge is -2.15. The first kappa shape index (κ1) is 14.4. The monoisotopic (exact) mass is 261 g/mol. The van der Waals surface area contributed by atoms with Crippen LogP contribution in [0, 0.1) is 0 Å². The molecule has 0 spiro atoms. The van der Waals surface area contributed by atoms with Crippen molar-refractivity contribution in [2.75, 3.05) is 18.5 Å². The van der Waals surface area contributed by atoms with Crippen LogP contribution in [0.4, 0.5) is 5.69 Å². The molecule has 1 N–H and O–H groups in total. The molecule has 2 rings (SSSR count). The van der Waals surface area contributed by atoms with Crippen molar-refractivity contribution >= 4 is 5.69 Å². The summed E-state index contributed by atoms with van der Waals surface area (Å²) in [7, 11) is 2.13. The number of fused-ring (bicyclic) bond motifs is 1. The third-order valence-corrected chi connectivity index (χ3v) is 4.20. The van der Waals surface area contributed by atoms with E-state index in [9.17, 15) is 5.11 Å². The number of rotatable bonds is 7. The van der Waals surface area contributed by atoms with Gasteiger partial charge < -0.3 is 10.0 Å². The van der Waals surface area contributed by atoms with Crippen molar-refractivity contribution < 1.29 is 5.11 Å². The topological polar surface area (TPSA) is 23.5 Å². The second-order valence-corrected chi connectivity index (χ2v) is 5.78. The first-order valence-electron chi connectivity index (χ1n) is 7.74. The summed E-state index contributed by atoms with van der Waals surface area (Å²) in [5, 5.41) is 10.3. The van der Waals surface area contributed by atoms with Gasteiger partial charge in [0.25, 0.3) is 0 Å². The molecule has 2 nitrogen and oxygen atoms in total. The van der Waals surface area contributed by atoms with Crippen LogP contribution in [0.2, 0.25) is 0 Å². The molecule has 1 aliphatic heterocycles. The first-order valence-corrected chi connectivity index (χ1v) is 7.74. The van der Waals surface area contributed by atoms with Gasteiger partial charge in [-0.2, -0.15) is 0 Å². The van der Waals surface area contributed by atoms with Gasteiger partial charge in [0.2, 0.25) is 0 Å². The molecule has 19 heavy (non-hydrogen) atoms. The molecule has 106 valence electrons. The Kier molecular flexibility index (Phi) is 5.26. The van der Waals surface area contributed by atoms with E-state index in [0.29, 0.717) is 0 Å². The summed E-state index contributed by atoms with van der Waals surface area (Å²) >= 11 is 0. The van der Waals surface area contributed by atoms with E-state index in [4.69, 9.17) is 0 Å². The van der Waals surface area contributed by atoms with Crippen molar-refractivity contribution in [3.05, 3.63) is 29.3 Å². The van der Waals surface area contributed by atoms with E-state index in [1.54, 1.807) is 0 Å². The quantitative estimate of drug-likeness (QED) is 0.748. The van der Waals surface area contributed by atoms with E-state index in [0.717, 1.165) is 31.4 Å². The van der Waals surface area contributed by atoms with Gasteiger partial charge in [-0.15, -0.1) is 0 Å². The van der Waals surface area contributed by atoms with Crippen LogP contribution in [0.3, 0.4) is 0 Å². The lowest BCUT2D eigenvalue weighted by molar-refractivity contribution is 0.163. The largest absolute Gasteiger partial charge is 0.388 e. The highest BCUT2D eigenvalue weighted by Gasteiger charge is 2.17. The Morgan fingerprint density at radius 2 is 2.00 bits per heavy atom. The Labute approximate surface area is 117 Å². The minimum Gasteiger partial charge on any atom is -0.388 e. The Balaban J connectivity index is 1.84. The molecule has 1 unspecified atom stereocenters. The third kappa shape index (κ3) is 3.73. The molecule has 0 radical (unpaired) electrons. The van der Waals surface area contributed by atoms with Crippen LogP contribution in [0.5, 0.6) is 0 Å². The highest BCUT2D eigenvalue weighted by Crippen LogP contribution is 2.30. The number of nitrogens with zero attached hydrogens (tertiary/aromatic N) is 1. The van der Waals surface area contributed by atoms with Gasteiger partial charge in [0.05, 0.1) is 6.10 Å². The zero-order chi connectivity index (χ0) is 13.7. The lowest BCUT2D eigenvalue weighted by atomic mass is 9.99. The second-order valence-electron chi connectivity index (χ2n) is 5.78. The predicted molar refractivity (Wildman–Crippen MR) is 81.8 cm³/mol. The molecular weight excluding hydrogens is 234 g/mol. The van der Waals surface area contributed by atoms with E-state index in [1.807, 2.05) is 0 Å². The summed E-state index contributed by atoms with van der Waals surface area (Å²) in [6, 6.07) is 6.46. The molecule has 1 heterocycles. The van der Waals surface area contributed by atoms with Gasteiger partial charge in [-0.05, 0) is 30.0 Å². The Morgan fingerprint density at radius 3 is 2.79 bits per heavy atom. The van der Waals surface area contributed by atoms with Crippen molar-refractivity contribution in [1.29, 1.82) is 0 Å². The maximum Gasteiger partial charge on any atom is 0.0790 e. The SMILES string of the molecule is CCCCCCCC(O)c1ccc2c(c1)CCN2C. The average Bonchev–Trinajstić information content (AvgIpc) is 2.79. The number of likely N-dealkylation sites (N-methyl/N-ethyl adjacent to an activating group) is 1. The first-order chi connectivity index (χ1) is 9.22. The molecular formula is C17H27NO. The fourth-order valence-corrected chi connectivity index (χ4v) is 2.90. The van der Waals surface area contributed by atoms with Crippen LogP contribution in [-0.2, 0) is 6.42 Å². The van der Waals surface area contributed by atoms with Gasteiger partial charge in [0.1, 0.15) is 0 Å². The fraction of sp³-hybridized carbons (Fsp3) is 0.647. The maximum atomic E-state index is 10.3. The van der Waals surface area contributed by atoms with Crippen LogP contribution < -0.4 is 4.90 Å². The molecule has 1 aromatic rings. The molecule has 2 heteroatoms. The average molecular weight is 261 g/mol. The zero-order valence-corrected chi connectivity index (χ0v) is 12.4. The number of unbranched alkanes of at least 4 members (excludes halogenated alkanes) is 4. The molecule has 1 atom stereocenters. The molecule has 0 bridgehead atoms. The predicted octanol–water partition coefficient (Wildman–Crippen LogP) is 4.07. The van der Waals surface area contributed by atoms with Gasteiger partial charge in [0.15, 0.2) is 0 Å². The van der Waals surface area contributed by atoms with Crippen molar-refractivity contribution in [3.8, 4) is 0 Å². The number of hydrogen-bond acceptors (Lipinski definition) is 2. The van der Waals surface area contributed by atoms with E-state index in [2.05, 4.69) is 37.1 Å². The molecule has 1 aromatic carbocycles. The molecule has 0 saturated carbocycles. The number of aliphatic hydroxyl groups excluding tert-OH is 1. The summed E-state index contributed by atoms with van der Waals surface area (Å²) in [6.07, 6.45) is 8.02. The summed E-state index contributed by atoms with van der Waals surface area (Å²) in [6.45, 7) is 3.34. The maximum absolute atomic E-state index is 10.3. The van der Waals surface area contributed by atoms with Crippen LogP contribution in [-0.4, -0.2) is 18.7 Å². The number of aliphatic hydroxyl groups is 1. The lowest BCUT2D eigenvalue weighted by Crippen LogP contribution is -2.12. The number of hydrogen-bond donors (Lipinski definition) is 1. The molecule has 0 saturated heterocycles. The van der Waals surface area contributed by atoms with E-state index >= 15 is 0 Å². The third-order valence-electron chi connectivity index (χ3n) is 4.20. The van der Waals surface area contributed by atoms with Crippen molar-refractivity contribution in [3.63, 3.8) is 0 Å². The highest BCUT2D eigenvalue weighted by molar-refractivity contribution is 5.58. The molecule has 0 aromatic heterocycles. The van der Waals surface area contributed by atoms with Gasteiger partial charge in [0, 0.05) is 19.3 Å². The highest BCUT2D eigenvalue weighted by atomic mass is 16.3. The Bertz CT molecular complexity index is 402. The van der Waals surface area contributed by atoms with Crippen LogP contribution in [0.1, 0.15) is 62.7 Å². The van der Waals surface area contributed by atoms with E-state index in [1.165, 1.54) is 36.9 Å². The van der Waals surface area contributed by atoms with Crippen LogP contribution in [0.15, 0.2) is 18.2 Å². The summed E-state index contributed by atoms with van der Waals surface area (Å²) in [5.74, 6) is 0. The number of benzene rings is 1. The molecule has 0 fully saturated rings. The minimum atomic E-state index is -0.280. The minimum absolute atomic E-state index is 0.280. The van der Waals surface area contributed by atoms with Crippen LogP contribution >= 0.6 is 0 Å². The van der Waals surface area contributed by atoms with E-state index in [-0.39, 0.29) is 6.10 Å². The fourth-order valence-electron chi connectivity index (χ4n) is 2.90. The smallest absolute Gasteiger partial charge is 0.0790 e. The molecule has 0 amide bonds. The molecule has 1 aliphatic rings. The molecule has 0 aliphatic carbocycles. The summed E-state index contributed by atoms with van der Waals surface area (Å²) in [4.78, 5) is 2.29. The van der Waals surface area contributed by atoms with Gasteiger partial charge in [-0.3, -0.25) is 0 Å². The zero-order valence-electron chi connectivity index (χ0n) is 12.4.